The third kappa shape index (κ3) is 6.20. The van der Waals surface area contributed by atoms with Crippen molar-refractivity contribution in [3.63, 3.8) is 0 Å². The highest BCUT2D eigenvalue weighted by molar-refractivity contribution is 5.91. The Morgan fingerprint density at radius 3 is 2.50 bits per heavy atom. The Bertz CT molecular complexity index is 1480. The quantitative estimate of drug-likeness (QED) is 0.273. The predicted molar refractivity (Wildman–Crippen MR) is 153 cm³/mol. The molecule has 0 amide bonds. The van der Waals surface area contributed by atoms with Crippen molar-refractivity contribution in [3.05, 3.63) is 71.5 Å². The largest absolute Gasteiger partial charge is 0.477 e. The Balaban J connectivity index is 1.83. The summed E-state index contributed by atoms with van der Waals surface area (Å²) in [6.07, 6.45) is -2.23. The molecule has 0 bridgehead atoms. The molecule has 4 rings (SSSR count). The smallest absolute Gasteiger partial charge is 0.418 e. The van der Waals surface area contributed by atoms with Crippen LogP contribution in [0.1, 0.15) is 69.1 Å². The number of esters is 1. The van der Waals surface area contributed by atoms with Crippen LogP contribution in [0.3, 0.4) is 0 Å². The van der Waals surface area contributed by atoms with Gasteiger partial charge in [-0.05, 0) is 76.8 Å². The van der Waals surface area contributed by atoms with Crippen LogP contribution in [0.2, 0.25) is 0 Å². The first-order valence-electron chi connectivity index (χ1n) is 14.0. The van der Waals surface area contributed by atoms with Crippen molar-refractivity contribution in [2.24, 2.45) is 5.92 Å². The molecule has 1 saturated heterocycles. The van der Waals surface area contributed by atoms with Crippen LogP contribution in [0.25, 0.3) is 11.3 Å². The van der Waals surface area contributed by atoms with Gasteiger partial charge in [0, 0.05) is 30.5 Å². The van der Waals surface area contributed by atoms with E-state index in [0.29, 0.717) is 35.7 Å². The lowest BCUT2D eigenvalue weighted by Crippen LogP contribution is -2.50. The predicted octanol–water partition coefficient (Wildman–Crippen LogP) is 7.21. The van der Waals surface area contributed by atoms with E-state index in [2.05, 4.69) is 11.1 Å². The number of anilines is 1. The van der Waals surface area contributed by atoms with Crippen LogP contribution in [-0.4, -0.2) is 41.2 Å². The number of nitrogens with zero attached hydrogens (tertiary/aromatic N) is 4. The first-order chi connectivity index (χ1) is 19.8. The molecule has 1 aromatic carbocycles. The minimum absolute atomic E-state index is 0.00197. The summed E-state index contributed by atoms with van der Waals surface area (Å²) < 4.78 is 52.9. The van der Waals surface area contributed by atoms with Gasteiger partial charge in [-0.15, -0.1) is 0 Å². The van der Waals surface area contributed by atoms with Crippen LogP contribution in [0, 0.1) is 17.2 Å². The molecular weight excluding hydrogens is 545 g/mol. The zero-order valence-corrected chi connectivity index (χ0v) is 24.5. The number of aromatic nitrogens is 2. The highest BCUT2D eigenvalue weighted by atomic mass is 19.4. The van der Waals surface area contributed by atoms with Crippen molar-refractivity contribution in [1.82, 2.24) is 9.97 Å². The van der Waals surface area contributed by atoms with Crippen LogP contribution in [0.15, 0.2) is 54.7 Å². The standard InChI is InChI=1S/C32H35F3N4O3/c1-6-21-19-39(26-13-9-8-12-23(26)32(33,34)35)18-16-31(21,20-36)24-14-15-25(22-11-10-17-37-28(22)41-7-2)38-27(24)29(40)42-30(3,4)5/h8-15,17,21H,6-7,16,18-19H2,1-5H3/t21-,31+/m1/s1. The highest BCUT2D eigenvalue weighted by Gasteiger charge is 2.48. The van der Waals surface area contributed by atoms with Gasteiger partial charge < -0.3 is 14.4 Å². The molecule has 3 heterocycles. The number of benzene rings is 1. The van der Waals surface area contributed by atoms with Crippen molar-refractivity contribution in [1.29, 1.82) is 5.26 Å². The van der Waals surface area contributed by atoms with Gasteiger partial charge in [0.2, 0.25) is 5.88 Å². The summed E-state index contributed by atoms with van der Waals surface area (Å²) in [7, 11) is 0. The number of alkyl halides is 3. The molecule has 1 aliphatic rings. The fraction of sp³-hybridized carbons (Fsp3) is 0.438. The van der Waals surface area contributed by atoms with Gasteiger partial charge in [-0.3, -0.25) is 0 Å². The van der Waals surface area contributed by atoms with E-state index in [9.17, 15) is 23.2 Å². The maximum Gasteiger partial charge on any atom is 0.418 e. The first-order valence-corrected chi connectivity index (χ1v) is 14.0. The van der Waals surface area contributed by atoms with Gasteiger partial charge >= 0.3 is 12.1 Å². The molecule has 1 fully saturated rings. The molecule has 2 atom stereocenters. The number of para-hydroxylation sites is 1. The average molecular weight is 581 g/mol. The number of carbonyl (C=O) groups excluding carboxylic acids is 1. The lowest BCUT2D eigenvalue weighted by molar-refractivity contribution is -0.137. The third-order valence-electron chi connectivity index (χ3n) is 7.45. The Morgan fingerprint density at radius 2 is 1.86 bits per heavy atom. The Labute approximate surface area is 244 Å². The van der Waals surface area contributed by atoms with E-state index in [1.165, 1.54) is 12.1 Å². The van der Waals surface area contributed by atoms with Gasteiger partial charge in [-0.25, -0.2) is 14.8 Å². The molecule has 42 heavy (non-hydrogen) atoms. The van der Waals surface area contributed by atoms with Crippen molar-refractivity contribution < 1.29 is 27.4 Å². The number of hydrogen-bond donors (Lipinski definition) is 0. The van der Waals surface area contributed by atoms with Gasteiger partial charge in [0.1, 0.15) is 5.60 Å². The van der Waals surface area contributed by atoms with E-state index in [1.807, 2.05) is 13.8 Å². The number of piperidine rings is 1. The zero-order chi connectivity index (χ0) is 30.7. The monoisotopic (exact) mass is 580 g/mol. The molecule has 2 aromatic heterocycles. The summed E-state index contributed by atoms with van der Waals surface area (Å²) >= 11 is 0. The lowest BCUT2D eigenvalue weighted by Gasteiger charge is -2.45. The molecular formula is C32H35F3N4O3. The number of pyridine rings is 2. The van der Waals surface area contributed by atoms with Gasteiger partial charge in [-0.2, -0.15) is 18.4 Å². The molecule has 0 N–H and O–H groups in total. The minimum Gasteiger partial charge on any atom is -0.477 e. The fourth-order valence-electron chi connectivity index (χ4n) is 5.56. The molecule has 7 nitrogen and oxygen atoms in total. The number of rotatable bonds is 7. The summed E-state index contributed by atoms with van der Waals surface area (Å²) in [6, 6.07) is 14.9. The Kier molecular flexibility index (Phi) is 8.81. The number of hydrogen-bond acceptors (Lipinski definition) is 7. The second-order valence-corrected chi connectivity index (χ2v) is 11.3. The molecule has 0 saturated carbocycles. The van der Waals surface area contributed by atoms with Crippen LogP contribution in [0.5, 0.6) is 5.88 Å². The Morgan fingerprint density at radius 1 is 1.12 bits per heavy atom. The number of halogens is 3. The van der Waals surface area contributed by atoms with E-state index in [-0.39, 0.29) is 30.9 Å². The summed E-state index contributed by atoms with van der Waals surface area (Å²) in [5, 5.41) is 10.7. The van der Waals surface area contributed by atoms with Crippen LogP contribution < -0.4 is 9.64 Å². The number of ether oxygens (including phenoxy) is 2. The van der Waals surface area contributed by atoms with E-state index in [1.54, 1.807) is 62.2 Å². The maximum absolute atomic E-state index is 13.8. The SMILES string of the molecule is CCOc1ncccc1-c1ccc([C@]2(C#N)CCN(c3ccccc3C(F)(F)F)C[C@H]2CC)c(C(=O)OC(C)(C)C)n1. The summed E-state index contributed by atoms with van der Waals surface area (Å²) in [6.45, 7) is 9.73. The zero-order valence-electron chi connectivity index (χ0n) is 24.5. The van der Waals surface area contributed by atoms with Crippen molar-refractivity contribution in [3.8, 4) is 23.2 Å². The lowest BCUT2D eigenvalue weighted by atomic mass is 9.65. The van der Waals surface area contributed by atoms with Crippen LogP contribution in [-0.2, 0) is 16.3 Å². The molecule has 222 valence electrons. The Hall–Kier alpha value is -4.13. The molecule has 1 aliphatic heterocycles. The fourth-order valence-corrected chi connectivity index (χ4v) is 5.56. The normalized spacial score (nSPS) is 19.2. The minimum atomic E-state index is -4.52. The third-order valence-corrected chi connectivity index (χ3v) is 7.45. The van der Waals surface area contributed by atoms with Crippen molar-refractivity contribution in [2.75, 3.05) is 24.6 Å². The van der Waals surface area contributed by atoms with Gasteiger partial charge in [0.15, 0.2) is 5.69 Å². The van der Waals surface area contributed by atoms with Crippen molar-refractivity contribution in [2.45, 2.75) is 64.7 Å². The first kappa shape index (κ1) is 30.8. The van der Waals surface area contributed by atoms with Gasteiger partial charge in [0.25, 0.3) is 0 Å². The molecule has 0 unspecified atom stereocenters. The molecule has 0 radical (unpaired) electrons. The summed E-state index contributed by atoms with van der Waals surface area (Å²) in [4.78, 5) is 24.3. The van der Waals surface area contributed by atoms with Gasteiger partial charge in [-0.1, -0.05) is 25.1 Å². The summed E-state index contributed by atoms with van der Waals surface area (Å²) in [5.41, 5.74) is -1.25. The second-order valence-electron chi connectivity index (χ2n) is 11.3. The number of nitriles is 1. The molecule has 3 aromatic rings. The molecule has 0 spiro atoms. The number of carbonyl (C=O) groups is 1. The van der Waals surface area contributed by atoms with Crippen LogP contribution >= 0.6 is 0 Å². The van der Waals surface area contributed by atoms with Crippen LogP contribution in [0.4, 0.5) is 18.9 Å². The van der Waals surface area contributed by atoms with Gasteiger partial charge in [0.05, 0.1) is 34.9 Å². The van der Waals surface area contributed by atoms with E-state index in [0.717, 1.165) is 6.07 Å². The summed E-state index contributed by atoms with van der Waals surface area (Å²) in [5.74, 6) is -0.729. The second kappa shape index (κ2) is 12.0. The van der Waals surface area contributed by atoms with E-state index >= 15 is 0 Å². The molecule has 0 aliphatic carbocycles. The van der Waals surface area contributed by atoms with Crippen molar-refractivity contribution >= 4 is 11.7 Å². The average Bonchev–Trinajstić information content (AvgIpc) is 2.95. The molecule has 10 heteroatoms. The topological polar surface area (TPSA) is 88.3 Å². The highest BCUT2D eigenvalue weighted by Crippen LogP contribution is 2.46. The maximum atomic E-state index is 13.8. The van der Waals surface area contributed by atoms with E-state index < -0.39 is 34.6 Å². The van der Waals surface area contributed by atoms with E-state index in [4.69, 9.17) is 14.5 Å².